The quantitative estimate of drug-likeness (QED) is 0.703. The molecule has 1 unspecified atom stereocenters. The Bertz CT molecular complexity index is 37.8. The van der Waals surface area contributed by atoms with Crippen LogP contribution in [0, 0.1) is 5.92 Å². The van der Waals surface area contributed by atoms with E-state index in [1.54, 1.807) is 0 Å². The second kappa shape index (κ2) is 5.97. The molecule has 0 spiro atoms. The molecule has 0 aromatic carbocycles. The van der Waals surface area contributed by atoms with Crippen LogP contribution < -0.4 is 0 Å². The van der Waals surface area contributed by atoms with E-state index >= 15 is 0 Å². The van der Waals surface area contributed by atoms with Gasteiger partial charge in [-0.25, -0.2) is 0 Å². The normalized spacial score (nSPS) is 13.1. The van der Waals surface area contributed by atoms with E-state index in [4.69, 9.17) is 5.11 Å². The molecular formula is C6H14OZr. The minimum Gasteiger partial charge on any atom is -0.393 e. The van der Waals surface area contributed by atoms with Gasteiger partial charge in [0.25, 0.3) is 0 Å². The largest absolute Gasteiger partial charge is 0.393 e. The van der Waals surface area contributed by atoms with Gasteiger partial charge in [-0.2, -0.15) is 0 Å². The van der Waals surface area contributed by atoms with Gasteiger partial charge >= 0.3 is 0 Å². The Kier molecular flexibility index (Phi) is 8.67. The first kappa shape index (κ1) is 11.6. The maximum absolute atomic E-state index is 8.72. The molecule has 0 amide bonds. The van der Waals surface area contributed by atoms with Gasteiger partial charge in [-0.3, -0.25) is 0 Å². The molecule has 8 heavy (non-hydrogen) atoms. The number of aliphatic hydroxyl groups is 1. The van der Waals surface area contributed by atoms with E-state index in [2.05, 4.69) is 13.8 Å². The number of aliphatic hydroxyl groups excluding tert-OH is 1. The van der Waals surface area contributed by atoms with Gasteiger partial charge in [0, 0.05) is 26.2 Å². The summed E-state index contributed by atoms with van der Waals surface area (Å²) >= 11 is 0. The summed E-state index contributed by atoms with van der Waals surface area (Å²) in [4.78, 5) is 0. The average Bonchev–Trinajstić information content (AvgIpc) is 1.27. The summed E-state index contributed by atoms with van der Waals surface area (Å²) in [6.45, 7) is 6.03. The summed E-state index contributed by atoms with van der Waals surface area (Å²) in [6.07, 6.45) is 0.792. The van der Waals surface area contributed by atoms with Crippen molar-refractivity contribution in [1.29, 1.82) is 0 Å². The molecular weight excluding hydrogens is 179 g/mol. The first-order chi connectivity index (χ1) is 3.13. The summed E-state index contributed by atoms with van der Waals surface area (Å²) in [5.41, 5.74) is 0. The Morgan fingerprint density at radius 1 is 1.25 bits per heavy atom. The number of hydrogen-bond donors (Lipinski definition) is 1. The fourth-order valence-electron chi connectivity index (χ4n) is 0.682. The van der Waals surface area contributed by atoms with Gasteiger partial charge in [0.05, 0.1) is 6.10 Å². The van der Waals surface area contributed by atoms with Crippen LogP contribution in [0.2, 0.25) is 0 Å². The molecule has 0 rings (SSSR count). The van der Waals surface area contributed by atoms with Crippen molar-refractivity contribution in [2.75, 3.05) is 0 Å². The van der Waals surface area contributed by atoms with E-state index in [0.29, 0.717) is 5.92 Å². The zero-order valence-electron chi connectivity index (χ0n) is 5.81. The van der Waals surface area contributed by atoms with E-state index in [0.717, 1.165) is 6.42 Å². The van der Waals surface area contributed by atoms with Gasteiger partial charge in [0.2, 0.25) is 0 Å². The van der Waals surface area contributed by atoms with E-state index in [-0.39, 0.29) is 32.3 Å². The van der Waals surface area contributed by atoms with Crippen LogP contribution in [-0.2, 0) is 26.2 Å². The second-order valence-corrected chi connectivity index (χ2v) is 2.48. The van der Waals surface area contributed by atoms with E-state index in [9.17, 15) is 0 Å². The third-order valence-corrected chi connectivity index (χ3v) is 0.813. The monoisotopic (exact) mass is 192 g/mol. The van der Waals surface area contributed by atoms with Gasteiger partial charge in [-0.05, 0) is 19.3 Å². The van der Waals surface area contributed by atoms with Crippen LogP contribution in [-0.4, -0.2) is 11.2 Å². The third-order valence-electron chi connectivity index (χ3n) is 0.813. The van der Waals surface area contributed by atoms with E-state index in [1.165, 1.54) is 0 Å². The Morgan fingerprint density at radius 2 is 1.62 bits per heavy atom. The van der Waals surface area contributed by atoms with Crippen LogP contribution in [0.1, 0.15) is 27.2 Å². The van der Waals surface area contributed by atoms with E-state index in [1.807, 2.05) is 6.92 Å². The van der Waals surface area contributed by atoms with Crippen molar-refractivity contribution in [3.8, 4) is 0 Å². The minimum absolute atomic E-state index is 0. The summed E-state index contributed by atoms with van der Waals surface area (Å²) in [5.74, 6) is 0.625. The molecule has 0 radical (unpaired) electrons. The number of rotatable bonds is 2. The third kappa shape index (κ3) is 9.96. The molecule has 0 aliphatic heterocycles. The topological polar surface area (TPSA) is 20.2 Å². The van der Waals surface area contributed by atoms with Crippen molar-refractivity contribution in [3.05, 3.63) is 0 Å². The van der Waals surface area contributed by atoms with Crippen molar-refractivity contribution < 1.29 is 31.3 Å². The van der Waals surface area contributed by atoms with Crippen LogP contribution in [0.5, 0.6) is 0 Å². The Balaban J connectivity index is 0. The van der Waals surface area contributed by atoms with Crippen molar-refractivity contribution in [2.24, 2.45) is 5.92 Å². The van der Waals surface area contributed by atoms with Crippen LogP contribution >= 0.6 is 0 Å². The zero-order valence-corrected chi connectivity index (χ0v) is 8.27. The van der Waals surface area contributed by atoms with E-state index < -0.39 is 0 Å². The Morgan fingerprint density at radius 3 is 1.62 bits per heavy atom. The molecule has 1 N–H and O–H groups in total. The number of hydrogen-bond acceptors (Lipinski definition) is 1. The maximum atomic E-state index is 8.72. The summed E-state index contributed by atoms with van der Waals surface area (Å²) in [7, 11) is 0. The maximum Gasteiger partial charge on any atom is 0.0514 e. The van der Waals surface area contributed by atoms with Gasteiger partial charge in [0.1, 0.15) is 0 Å². The molecule has 48 valence electrons. The minimum atomic E-state index is -0.125. The molecule has 0 fully saturated rings. The first-order valence-corrected chi connectivity index (χ1v) is 2.81. The van der Waals surface area contributed by atoms with Crippen molar-refractivity contribution in [1.82, 2.24) is 0 Å². The predicted molar refractivity (Wildman–Crippen MR) is 31.1 cm³/mol. The van der Waals surface area contributed by atoms with Gasteiger partial charge in [-0.1, -0.05) is 13.8 Å². The van der Waals surface area contributed by atoms with Crippen LogP contribution in [0.3, 0.4) is 0 Å². The SMILES string of the molecule is CC(C)CC(C)O.[Zr]. The van der Waals surface area contributed by atoms with Crippen molar-refractivity contribution in [3.63, 3.8) is 0 Å². The van der Waals surface area contributed by atoms with Crippen molar-refractivity contribution >= 4 is 0 Å². The van der Waals surface area contributed by atoms with Crippen LogP contribution in [0.4, 0.5) is 0 Å². The van der Waals surface area contributed by atoms with Gasteiger partial charge in [-0.15, -0.1) is 0 Å². The van der Waals surface area contributed by atoms with Crippen LogP contribution in [0.25, 0.3) is 0 Å². The second-order valence-electron chi connectivity index (χ2n) is 2.48. The standard InChI is InChI=1S/C6H14O.Zr/c1-5(2)4-6(3)7;/h5-7H,4H2,1-3H3;. The van der Waals surface area contributed by atoms with Crippen molar-refractivity contribution in [2.45, 2.75) is 33.3 Å². The molecule has 1 nitrogen and oxygen atoms in total. The summed E-state index contributed by atoms with van der Waals surface area (Å²) < 4.78 is 0. The molecule has 0 heterocycles. The molecule has 2 heteroatoms. The van der Waals surface area contributed by atoms with Gasteiger partial charge < -0.3 is 5.11 Å². The van der Waals surface area contributed by atoms with Crippen LogP contribution in [0.15, 0.2) is 0 Å². The van der Waals surface area contributed by atoms with Gasteiger partial charge in [0.15, 0.2) is 0 Å². The predicted octanol–water partition coefficient (Wildman–Crippen LogP) is 1.41. The fourth-order valence-corrected chi connectivity index (χ4v) is 0.682. The smallest absolute Gasteiger partial charge is 0.0514 e. The first-order valence-electron chi connectivity index (χ1n) is 2.81. The summed E-state index contributed by atoms with van der Waals surface area (Å²) in [5, 5.41) is 8.72. The molecule has 0 aliphatic rings. The Labute approximate surface area is 70.6 Å². The average molecular weight is 193 g/mol. The molecule has 0 aliphatic carbocycles. The summed E-state index contributed by atoms with van der Waals surface area (Å²) in [6, 6.07) is 0. The fraction of sp³-hybridized carbons (Fsp3) is 1.00. The molecule has 0 bridgehead atoms. The molecule has 0 aromatic heterocycles. The molecule has 0 saturated carbocycles. The molecule has 0 saturated heterocycles. The molecule has 1 atom stereocenters. The zero-order chi connectivity index (χ0) is 5.86. The molecule has 0 aromatic rings. The Hall–Kier alpha value is 0.843.